The average molecular weight is 285 g/mol. The molecule has 0 unspecified atom stereocenters. The largest absolute Gasteiger partial charge is 0.338 e. The standard InChI is InChI=1S/C17H23N3O/c1-3-7-16-18-14-8-5-6-9-15(14)20(16)12-17(21)19(4-2)13-10-11-13/h5-6,8-9,13H,3-4,7,10-12H2,1-2H3. The molecule has 0 radical (unpaired) electrons. The van der Waals surface area contributed by atoms with Crippen LogP contribution in [0.15, 0.2) is 24.3 Å². The van der Waals surface area contributed by atoms with Gasteiger partial charge in [0, 0.05) is 19.0 Å². The van der Waals surface area contributed by atoms with Crippen molar-refractivity contribution in [2.45, 2.75) is 52.1 Å². The molecular formula is C17H23N3O. The molecule has 0 atom stereocenters. The fraction of sp³-hybridized carbons (Fsp3) is 0.529. The van der Waals surface area contributed by atoms with Gasteiger partial charge in [0.2, 0.25) is 5.91 Å². The van der Waals surface area contributed by atoms with E-state index in [0.717, 1.165) is 49.1 Å². The van der Waals surface area contributed by atoms with Gasteiger partial charge in [-0.1, -0.05) is 19.1 Å². The van der Waals surface area contributed by atoms with Crippen LogP contribution in [0.5, 0.6) is 0 Å². The summed E-state index contributed by atoms with van der Waals surface area (Å²) in [5.41, 5.74) is 2.06. The van der Waals surface area contributed by atoms with Crippen molar-refractivity contribution >= 4 is 16.9 Å². The molecule has 4 nitrogen and oxygen atoms in total. The van der Waals surface area contributed by atoms with Crippen molar-refractivity contribution in [1.82, 2.24) is 14.5 Å². The molecule has 1 aliphatic rings. The molecule has 0 spiro atoms. The van der Waals surface area contributed by atoms with E-state index in [2.05, 4.69) is 24.5 Å². The van der Waals surface area contributed by atoms with Crippen LogP contribution in [0.2, 0.25) is 0 Å². The third-order valence-electron chi connectivity index (χ3n) is 4.15. The molecule has 1 aromatic carbocycles. The number of rotatable bonds is 6. The summed E-state index contributed by atoms with van der Waals surface area (Å²) in [5, 5.41) is 0. The molecule has 2 aromatic rings. The summed E-state index contributed by atoms with van der Waals surface area (Å²) in [7, 11) is 0. The molecule has 1 saturated carbocycles. The smallest absolute Gasteiger partial charge is 0.242 e. The second-order valence-corrected chi connectivity index (χ2v) is 5.76. The van der Waals surface area contributed by atoms with Gasteiger partial charge in [0.25, 0.3) is 0 Å². The van der Waals surface area contributed by atoms with Gasteiger partial charge in [-0.05, 0) is 38.3 Å². The monoisotopic (exact) mass is 285 g/mol. The molecule has 0 saturated heterocycles. The first-order valence-corrected chi connectivity index (χ1v) is 7.98. The number of aromatic nitrogens is 2. The van der Waals surface area contributed by atoms with E-state index in [-0.39, 0.29) is 5.91 Å². The molecule has 1 fully saturated rings. The van der Waals surface area contributed by atoms with E-state index >= 15 is 0 Å². The zero-order valence-electron chi connectivity index (χ0n) is 12.9. The first kappa shape index (κ1) is 14.1. The number of amides is 1. The summed E-state index contributed by atoms with van der Waals surface area (Å²) in [5.74, 6) is 1.25. The SMILES string of the molecule is CCCc1nc2ccccc2n1CC(=O)N(CC)C1CC1. The van der Waals surface area contributed by atoms with Crippen molar-refractivity contribution in [3.05, 3.63) is 30.1 Å². The highest BCUT2D eigenvalue weighted by Crippen LogP contribution is 2.27. The third-order valence-corrected chi connectivity index (χ3v) is 4.15. The summed E-state index contributed by atoms with van der Waals surface area (Å²) in [6.07, 6.45) is 4.27. The Morgan fingerprint density at radius 3 is 2.76 bits per heavy atom. The molecule has 1 aliphatic carbocycles. The van der Waals surface area contributed by atoms with E-state index < -0.39 is 0 Å². The van der Waals surface area contributed by atoms with Gasteiger partial charge in [-0.3, -0.25) is 4.79 Å². The second-order valence-electron chi connectivity index (χ2n) is 5.76. The predicted octanol–water partition coefficient (Wildman–Crippen LogP) is 3.00. The molecule has 1 aromatic heterocycles. The molecule has 0 N–H and O–H groups in total. The Morgan fingerprint density at radius 1 is 1.33 bits per heavy atom. The lowest BCUT2D eigenvalue weighted by Crippen LogP contribution is -2.35. The Kier molecular flexibility index (Phi) is 3.95. The number of carbonyl (C=O) groups excluding carboxylic acids is 1. The molecule has 1 heterocycles. The fourth-order valence-corrected chi connectivity index (χ4v) is 2.97. The fourth-order valence-electron chi connectivity index (χ4n) is 2.97. The topological polar surface area (TPSA) is 38.1 Å². The Balaban J connectivity index is 1.90. The summed E-state index contributed by atoms with van der Waals surface area (Å²) < 4.78 is 2.10. The van der Waals surface area contributed by atoms with Gasteiger partial charge in [-0.25, -0.2) is 4.98 Å². The zero-order chi connectivity index (χ0) is 14.8. The minimum atomic E-state index is 0.223. The van der Waals surface area contributed by atoms with Gasteiger partial charge in [-0.15, -0.1) is 0 Å². The first-order chi connectivity index (χ1) is 10.2. The number of para-hydroxylation sites is 2. The van der Waals surface area contributed by atoms with Crippen LogP contribution >= 0.6 is 0 Å². The van der Waals surface area contributed by atoms with Crippen LogP contribution in [0.1, 0.15) is 38.9 Å². The number of imidazole rings is 1. The second kappa shape index (κ2) is 5.88. The average Bonchev–Trinajstić information content (AvgIpc) is 3.25. The van der Waals surface area contributed by atoms with Crippen molar-refractivity contribution in [2.24, 2.45) is 0 Å². The Bertz CT molecular complexity index is 643. The maximum absolute atomic E-state index is 12.6. The minimum Gasteiger partial charge on any atom is -0.338 e. The highest BCUT2D eigenvalue weighted by Gasteiger charge is 2.31. The summed E-state index contributed by atoms with van der Waals surface area (Å²) in [6.45, 7) is 5.43. The zero-order valence-corrected chi connectivity index (χ0v) is 12.9. The van der Waals surface area contributed by atoms with Crippen LogP contribution in [0.4, 0.5) is 0 Å². The van der Waals surface area contributed by atoms with Crippen LogP contribution < -0.4 is 0 Å². The number of fused-ring (bicyclic) bond motifs is 1. The number of hydrogen-bond acceptors (Lipinski definition) is 2. The van der Waals surface area contributed by atoms with Crippen molar-refractivity contribution < 1.29 is 4.79 Å². The van der Waals surface area contributed by atoms with Crippen LogP contribution in [-0.2, 0) is 17.8 Å². The molecule has 21 heavy (non-hydrogen) atoms. The van der Waals surface area contributed by atoms with Crippen LogP contribution in [-0.4, -0.2) is 32.9 Å². The Morgan fingerprint density at radius 2 is 2.10 bits per heavy atom. The van der Waals surface area contributed by atoms with E-state index in [1.54, 1.807) is 0 Å². The van der Waals surface area contributed by atoms with E-state index in [4.69, 9.17) is 4.98 Å². The maximum Gasteiger partial charge on any atom is 0.242 e. The number of hydrogen-bond donors (Lipinski definition) is 0. The summed E-state index contributed by atoms with van der Waals surface area (Å²) in [6, 6.07) is 8.57. The number of nitrogens with zero attached hydrogens (tertiary/aromatic N) is 3. The summed E-state index contributed by atoms with van der Waals surface area (Å²) >= 11 is 0. The van der Waals surface area contributed by atoms with Crippen molar-refractivity contribution in [1.29, 1.82) is 0 Å². The van der Waals surface area contributed by atoms with Crippen LogP contribution in [0.3, 0.4) is 0 Å². The summed E-state index contributed by atoms with van der Waals surface area (Å²) in [4.78, 5) is 19.3. The van der Waals surface area contributed by atoms with Crippen molar-refractivity contribution in [3.63, 3.8) is 0 Å². The van der Waals surface area contributed by atoms with Crippen LogP contribution in [0.25, 0.3) is 11.0 Å². The van der Waals surface area contributed by atoms with Gasteiger partial charge >= 0.3 is 0 Å². The highest BCUT2D eigenvalue weighted by molar-refractivity contribution is 5.81. The highest BCUT2D eigenvalue weighted by atomic mass is 16.2. The van der Waals surface area contributed by atoms with E-state index in [1.807, 2.05) is 23.1 Å². The maximum atomic E-state index is 12.6. The molecule has 1 amide bonds. The van der Waals surface area contributed by atoms with Gasteiger partial charge < -0.3 is 9.47 Å². The van der Waals surface area contributed by atoms with Gasteiger partial charge in [0.1, 0.15) is 12.4 Å². The van der Waals surface area contributed by atoms with E-state index in [1.165, 1.54) is 0 Å². The lowest BCUT2D eigenvalue weighted by Gasteiger charge is -2.21. The van der Waals surface area contributed by atoms with E-state index in [9.17, 15) is 4.79 Å². The Labute approximate surface area is 125 Å². The van der Waals surface area contributed by atoms with E-state index in [0.29, 0.717) is 12.6 Å². The molecule has 3 rings (SSSR count). The molecular weight excluding hydrogens is 262 g/mol. The molecule has 0 bridgehead atoms. The third kappa shape index (κ3) is 2.80. The minimum absolute atomic E-state index is 0.223. The molecule has 4 heteroatoms. The van der Waals surface area contributed by atoms with Gasteiger partial charge in [0.15, 0.2) is 0 Å². The number of benzene rings is 1. The molecule has 112 valence electrons. The number of likely N-dealkylation sites (N-methyl/N-ethyl adjacent to an activating group) is 1. The Hall–Kier alpha value is -1.84. The predicted molar refractivity (Wildman–Crippen MR) is 84.1 cm³/mol. The van der Waals surface area contributed by atoms with Gasteiger partial charge in [0.05, 0.1) is 11.0 Å². The first-order valence-electron chi connectivity index (χ1n) is 7.98. The van der Waals surface area contributed by atoms with Crippen molar-refractivity contribution in [3.8, 4) is 0 Å². The van der Waals surface area contributed by atoms with Crippen LogP contribution in [0, 0.1) is 0 Å². The quantitative estimate of drug-likeness (QED) is 0.818. The number of carbonyl (C=O) groups is 1. The van der Waals surface area contributed by atoms with Gasteiger partial charge in [-0.2, -0.15) is 0 Å². The lowest BCUT2D eigenvalue weighted by molar-refractivity contribution is -0.132. The normalized spacial score (nSPS) is 14.6. The molecule has 0 aliphatic heterocycles. The lowest BCUT2D eigenvalue weighted by atomic mass is 10.3. The number of aryl methyl sites for hydroxylation is 1. The van der Waals surface area contributed by atoms with Crippen molar-refractivity contribution in [2.75, 3.05) is 6.54 Å².